The maximum atomic E-state index is 13.1. The topological polar surface area (TPSA) is 361 Å². The fraction of sp³-hybridized carbons (Fsp3) is 0.433. The van der Waals surface area contributed by atoms with Crippen molar-refractivity contribution in [2.75, 3.05) is 50.8 Å². The number of thiol groups is 2. The Morgan fingerprint density at radius 3 is 0.802 bits per heavy atom. The van der Waals surface area contributed by atoms with Gasteiger partial charge in [-0.05, 0) is 46.2 Å². The Labute approximate surface area is 514 Å². The molecule has 0 bridgehead atoms. The van der Waals surface area contributed by atoms with E-state index in [1.165, 1.54) is 36.5 Å². The second-order valence-electron chi connectivity index (χ2n) is 20.0. The highest BCUT2D eigenvalue weighted by atomic mass is 32.1. The molecule has 0 aliphatic heterocycles. The minimum Gasteiger partial charge on any atom is -0.448 e. The lowest BCUT2D eigenvalue weighted by molar-refractivity contribution is -0.174. The average molecular weight is 1240 g/mol. The molecule has 0 spiro atoms. The van der Waals surface area contributed by atoms with Crippen LogP contribution in [0.25, 0.3) is 0 Å². The molecule has 10 N–H and O–H groups in total. The van der Waals surface area contributed by atoms with Crippen molar-refractivity contribution in [3.8, 4) is 0 Å². The van der Waals surface area contributed by atoms with Crippen molar-refractivity contribution < 1.29 is 87.3 Å². The molecular weight excluding hydrogens is 1160 g/mol. The minimum absolute atomic E-state index is 0.0381. The van der Waals surface area contributed by atoms with Gasteiger partial charge in [0.1, 0.15) is 0 Å². The van der Waals surface area contributed by atoms with Crippen LogP contribution < -0.4 is 31.9 Å². The van der Waals surface area contributed by atoms with Gasteiger partial charge in [-0.2, -0.15) is 25.3 Å². The number of amides is 6. The molecule has 0 fully saturated rings. The lowest BCUT2D eigenvalue weighted by atomic mass is 9.87. The molecule has 0 saturated heterocycles. The van der Waals surface area contributed by atoms with Crippen molar-refractivity contribution in [3.63, 3.8) is 0 Å². The van der Waals surface area contributed by atoms with E-state index >= 15 is 0 Å². The molecule has 2 aromatic rings. The molecular formula is C60H86N6O18S2. The first-order valence-corrected chi connectivity index (χ1v) is 27.8. The SMILES string of the molecule is C=CCNC(=O)C(O)C(O)C(=O)NCC=C.C=CCNC(=O)C(OC(=O)c1ccc(C(C)(C)C)cc1)C(OC(=O)c1ccc(C(C)(C)C)cc1)C(=O)NCC=C.C=CCNC(=O)C(OC(C)=O)C(OC(C)=O)C(=O)NCC=C.OC(CS)C(O)CS. The average Bonchev–Trinajstić information content (AvgIpc) is 2.99. The van der Waals surface area contributed by atoms with E-state index in [0.29, 0.717) is 0 Å². The molecule has 26 heteroatoms. The summed E-state index contributed by atoms with van der Waals surface area (Å²) in [5, 5.41) is 50.4. The summed E-state index contributed by atoms with van der Waals surface area (Å²) in [5.41, 5.74) is 2.06. The molecule has 0 heterocycles. The van der Waals surface area contributed by atoms with E-state index in [9.17, 15) is 58.2 Å². The summed E-state index contributed by atoms with van der Waals surface area (Å²) in [6.07, 6.45) is -3.37. The molecule has 0 saturated carbocycles. The Kier molecular flexibility index (Phi) is 40.0. The quantitative estimate of drug-likeness (QED) is 0.0230. The molecule has 0 aliphatic carbocycles. The first-order valence-electron chi connectivity index (χ1n) is 26.5. The first kappa shape index (κ1) is 80.2. The fourth-order valence-electron chi connectivity index (χ4n) is 6.13. The Morgan fingerprint density at radius 2 is 0.616 bits per heavy atom. The van der Waals surface area contributed by atoms with Gasteiger partial charge in [0.05, 0.1) is 23.3 Å². The van der Waals surface area contributed by atoms with Crippen LogP contribution >= 0.6 is 25.3 Å². The van der Waals surface area contributed by atoms with Crippen molar-refractivity contribution in [1.29, 1.82) is 0 Å². The van der Waals surface area contributed by atoms with Crippen LogP contribution in [0.15, 0.2) is 124 Å². The Balaban J connectivity index is 0. The monoisotopic (exact) mass is 1240 g/mol. The van der Waals surface area contributed by atoms with Gasteiger partial charge < -0.3 is 71.3 Å². The van der Waals surface area contributed by atoms with E-state index in [-0.39, 0.29) is 72.7 Å². The van der Waals surface area contributed by atoms with Crippen molar-refractivity contribution >= 4 is 84.6 Å². The van der Waals surface area contributed by atoms with E-state index in [2.05, 4.69) is 96.6 Å². The maximum absolute atomic E-state index is 13.1. The summed E-state index contributed by atoms with van der Waals surface area (Å²) in [5.74, 6) is -7.63. The number of carbonyl (C=O) groups is 10. The molecule has 86 heavy (non-hydrogen) atoms. The van der Waals surface area contributed by atoms with Gasteiger partial charge in [0.15, 0.2) is 12.2 Å². The predicted octanol–water partition coefficient (Wildman–Crippen LogP) is 1.97. The van der Waals surface area contributed by atoms with Gasteiger partial charge in [-0.15, -0.1) is 39.5 Å². The highest BCUT2D eigenvalue weighted by Crippen LogP contribution is 2.24. The number of aliphatic hydroxyl groups excluding tert-OH is 4. The number of hydrogen-bond acceptors (Lipinski definition) is 20. The molecule has 0 aliphatic rings. The van der Waals surface area contributed by atoms with Crippen molar-refractivity contribution in [3.05, 3.63) is 147 Å². The van der Waals surface area contributed by atoms with Gasteiger partial charge in [-0.3, -0.25) is 38.4 Å². The van der Waals surface area contributed by atoms with Crippen molar-refractivity contribution in [1.82, 2.24) is 31.9 Å². The smallest absolute Gasteiger partial charge is 0.339 e. The molecule has 8 atom stereocenters. The predicted molar refractivity (Wildman–Crippen MR) is 331 cm³/mol. The van der Waals surface area contributed by atoms with Crippen LogP contribution in [0.2, 0.25) is 0 Å². The number of hydrogen-bond donors (Lipinski definition) is 12. The second kappa shape index (κ2) is 42.8. The third-order valence-electron chi connectivity index (χ3n) is 10.8. The Hall–Kier alpha value is -7.88. The summed E-state index contributed by atoms with van der Waals surface area (Å²) in [6, 6.07) is 13.5. The number of esters is 4. The molecule has 8 unspecified atom stereocenters. The van der Waals surface area contributed by atoms with Gasteiger partial charge >= 0.3 is 23.9 Å². The maximum Gasteiger partial charge on any atom is 0.339 e. The largest absolute Gasteiger partial charge is 0.448 e. The van der Waals surface area contributed by atoms with Crippen LogP contribution in [-0.4, -0.2) is 179 Å². The zero-order chi connectivity index (χ0) is 66.3. The van der Waals surface area contributed by atoms with Crippen LogP contribution in [0.3, 0.4) is 0 Å². The summed E-state index contributed by atoms with van der Waals surface area (Å²) in [7, 11) is 0. The van der Waals surface area contributed by atoms with Gasteiger partial charge in [-0.25, -0.2) is 9.59 Å². The van der Waals surface area contributed by atoms with E-state index in [1.54, 1.807) is 48.5 Å². The van der Waals surface area contributed by atoms with Crippen LogP contribution in [0.4, 0.5) is 0 Å². The third-order valence-corrected chi connectivity index (χ3v) is 11.5. The van der Waals surface area contributed by atoms with Crippen molar-refractivity contribution in [2.24, 2.45) is 0 Å². The highest BCUT2D eigenvalue weighted by molar-refractivity contribution is 7.80. The lowest BCUT2D eigenvalue weighted by Gasteiger charge is -2.26. The van der Waals surface area contributed by atoms with Crippen LogP contribution in [0.1, 0.15) is 87.2 Å². The fourth-order valence-corrected chi connectivity index (χ4v) is 6.61. The summed E-state index contributed by atoms with van der Waals surface area (Å²) < 4.78 is 20.7. The molecule has 2 rings (SSSR count). The third kappa shape index (κ3) is 31.9. The minimum atomic E-state index is -1.80. The summed E-state index contributed by atoms with van der Waals surface area (Å²) in [4.78, 5) is 121. The zero-order valence-corrected chi connectivity index (χ0v) is 51.8. The highest BCUT2D eigenvalue weighted by Gasteiger charge is 2.41. The molecule has 0 aromatic heterocycles. The van der Waals surface area contributed by atoms with Gasteiger partial charge in [0.25, 0.3) is 35.4 Å². The number of rotatable bonds is 30. The van der Waals surface area contributed by atoms with Gasteiger partial charge in [-0.1, -0.05) is 102 Å². The number of carbonyl (C=O) groups excluding carboxylic acids is 10. The molecule has 476 valence electrons. The van der Waals surface area contributed by atoms with Crippen LogP contribution in [0, 0.1) is 0 Å². The number of benzene rings is 2. The number of ether oxygens (including phenoxy) is 4. The second-order valence-corrected chi connectivity index (χ2v) is 20.7. The Morgan fingerprint density at radius 1 is 0.407 bits per heavy atom. The number of aliphatic hydroxyl groups is 4. The van der Waals surface area contributed by atoms with E-state index < -0.39 is 108 Å². The van der Waals surface area contributed by atoms with Crippen LogP contribution in [0.5, 0.6) is 0 Å². The molecule has 0 radical (unpaired) electrons. The van der Waals surface area contributed by atoms with Crippen LogP contribution in [-0.2, 0) is 68.1 Å². The molecule has 2 aromatic carbocycles. The van der Waals surface area contributed by atoms with E-state index in [0.717, 1.165) is 25.0 Å². The van der Waals surface area contributed by atoms with Crippen molar-refractivity contribution in [2.45, 2.75) is 115 Å². The first-order chi connectivity index (χ1) is 40.3. The van der Waals surface area contributed by atoms with E-state index in [1.807, 2.05) is 41.5 Å². The van der Waals surface area contributed by atoms with E-state index in [4.69, 9.17) is 29.2 Å². The summed E-state index contributed by atoms with van der Waals surface area (Å²) >= 11 is 7.53. The zero-order valence-electron chi connectivity index (χ0n) is 50.0. The number of nitrogens with one attached hydrogen (secondary N) is 6. The Bertz CT molecular complexity index is 2410. The van der Waals surface area contributed by atoms with Gasteiger partial charge in [0.2, 0.25) is 24.4 Å². The van der Waals surface area contributed by atoms with Gasteiger partial charge in [0, 0.05) is 64.6 Å². The molecule has 6 amide bonds. The normalized spacial score (nSPS) is 13.3. The standard InChI is InChI=1S/C32H40N2O6.C14H20N2O6.C10H16N2O4.C4H10O2S2/c1-9-19-33-27(35)25(39-29(37)21-11-15-23(16-12-21)31(3,4)5)26(28(36)34-20-10-2)40-30(38)22-13-17-24(18-14-22)32(6,7)8;1-5-7-15-13(19)11(21-9(3)17)12(22-10(4)18)14(20)16-8-6-2;1-3-5-11-9(15)7(13)8(14)10(16)12-6-4-2;5-3(1-7)4(6)2-8/h9-18,25-26H,1-2,19-20H2,3-8H3,(H,33,35)(H,34,36);5-6,11-12H,1-2,7-8H2,3-4H3,(H,15,19)(H,16,20);3-4,7-8,13-14H,1-2,5-6H2,(H,11,15)(H,12,16);3-8H,1-2H2. The lowest BCUT2D eigenvalue weighted by Crippen LogP contribution is -2.53. The molecule has 24 nitrogen and oxygen atoms in total. The summed E-state index contributed by atoms with van der Waals surface area (Å²) in [6.45, 7) is 35.6.